The molecule has 0 amide bonds. The van der Waals surface area contributed by atoms with Crippen LogP contribution in [0.4, 0.5) is 52.7 Å². The van der Waals surface area contributed by atoms with Crippen LogP contribution < -0.4 is 0 Å². The predicted octanol–water partition coefficient (Wildman–Crippen LogP) is 8.44. The Morgan fingerprint density at radius 3 is 1.34 bits per heavy atom. The smallest absolute Gasteiger partial charge is 0.393 e. The molecule has 3 aromatic rings. The van der Waals surface area contributed by atoms with Crippen LogP contribution in [0, 0.1) is 19.9 Å². The summed E-state index contributed by atoms with van der Waals surface area (Å²) in [7, 11) is 0. The third kappa shape index (κ3) is 10.7. The standard InChI is InChI=1S/C22H11F12N2.C5H12O2.Ir/c1-9-10(2)36-18(12-5-15(21(29,30)31)8-16(6-12)22(32,33)34)17(35-9)11-3-13(19(23,24)25)7-14(4-11)20(26,27)28;1-4(6)3-5(2)7;/h3-5,7-8H,1-2H3;4-7H,3H2,1-2H3;/q-1;;. The first-order chi connectivity index (χ1) is 19.3. The van der Waals surface area contributed by atoms with E-state index >= 15 is 0 Å². The molecule has 17 heteroatoms. The number of halogens is 12. The summed E-state index contributed by atoms with van der Waals surface area (Å²) in [5.41, 5.74) is -10.7. The van der Waals surface area contributed by atoms with Crippen molar-refractivity contribution in [2.75, 3.05) is 0 Å². The minimum atomic E-state index is -5.32. The normalized spacial score (nSPS) is 13.9. The van der Waals surface area contributed by atoms with Crippen molar-refractivity contribution in [3.63, 3.8) is 0 Å². The van der Waals surface area contributed by atoms with Crippen LogP contribution >= 0.6 is 0 Å². The van der Waals surface area contributed by atoms with Gasteiger partial charge in [0.25, 0.3) is 0 Å². The van der Waals surface area contributed by atoms with Crippen LogP contribution in [0.2, 0.25) is 0 Å². The second kappa shape index (κ2) is 14.1. The van der Waals surface area contributed by atoms with Crippen LogP contribution in [0.3, 0.4) is 0 Å². The van der Waals surface area contributed by atoms with Crippen molar-refractivity contribution in [3.05, 3.63) is 70.0 Å². The van der Waals surface area contributed by atoms with Crippen molar-refractivity contribution in [3.8, 4) is 22.5 Å². The number of rotatable bonds is 4. The van der Waals surface area contributed by atoms with Crippen LogP contribution in [-0.2, 0) is 44.8 Å². The number of hydrogen-bond donors (Lipinski definition) is 2. The van der Waals surface area contributed by atoms with Crippen molar-refractivity contribution < 1.29 is 83.0 Å². The molecule has 0 spiro atoms. The van der Waals surface area contributed by atoms with Crippen molar-refractivity contribution in [2.45, 2.75) is 71.0 Å². The molecule has 1 heterocycles. The zero-order valence-electron chi connectivity index (χ0n) is 22.9. The summed E-state index contributed by atoms with van der Waals surface area (Å²) in [5.74, 6) is 0. The third-order valence-electron chi connectivity index (χ3n) is 5.61. The molecule has 0 aliphatic rings. The molecule has 1 aromatic heterocycles. The maximum atomic E-state index is 13.3. The molecule has 2 N–H and O–H groups in total. The van der Waals surface area contributed by atoms with Crippen LogP contribution in [-0.4, -0.2) is 32.4 Å². The summed E-state index contributed by atoms with van der Waals surface area (Å²) in [5, 5.41) is 17.1. The van der Waals surface area contributed by atoms with Gasteiger partial charge >= 0.3 is 24.7 Å². The Morgan fingerprint density at radius 2 is 1.00 bits per heavy atom. The fourth-order valence-electron chi connectivity index (χ4n) is 3.59. The van der Waals surface area contributed by atoms with Crippen LogP contribution in [0.25, 0.3) is 22.5 Å². The molecular formula is C27H23F12IrN2O2-. The van der Waals surface area contributed by atoms with E-state index in [-0.39, 0.29) is 74.0 Å². The summed E-state index contributed by atoms with van der Waals surface area (Å²) >= 11 is 0. The molecule has 0 aliphatic carbocycles. The Kier molecular flexibility index (Phi) is 12.6. The van der Waals surface area contributed by atoms with Gasteiger partial charge in [0.15, 0.2) is 0 Å². The second-order valence-corrected chi connectivity index (χ2v) is 9.51. The summed E-state index contributed by atoms with van der Waals surface area (Å²) < 4.78 is 160. The Labute approximate surface area is 256 Å². The maximum absolute atomic E-state index is 13.3. The monoisotopic (exact) mass is 828 g/mol. The molecule has 3 rings (SSSR count). The number of nitrogens with zero attached hydrogens (tertiary/aromatic N) is 2. The van der Waals surface area contributed by atoms with Gasteiger partial charge in [0.2, 0.25) is 0 Å². The molecule has 0 bridgehead atoms. The second-order valence-electron chi connectivity index (χ2n) is 9.51. The van der Waals surface area contributed by atoms with Gasteiger partial charge in [-0.3, -0.25) is 9.97 Å². The SMILES string of the molecule is CC(O)CC(C)O.Cc1nc(-c2[c-]c(C(F)(F)F)cc(C(F)(F)F)c2)c(-c2cc(C(F)(F)F)cc(C(F)(F)F)c2)nc1C.[Ir]. The maximum Gasteiger partial charge on any atom is 0.416 e. The minimum absolute atomic E-state index is 0. The number of aliphatic hydroxyl groups excluding tert-OH is 2. The van der Waals surface area contributed by atoms with Crippen molar-refractivity contribution in [1.82, 2.24) is 9.97 Å². The number of hydrogen-bond acceptors (Lipinski definition) is 4. The van der Waals surface area contributed by atoms with E-state index in [1.807, 2.05) is 0 Å². The van der Waals surface area contributed by atoms with E-state index < -0.39 is 69.5 Å². The van der Waals surface area contributed by atoms with Gasteiger partial charge in [-0.25, -0.2) is 0 Å². The fourth-order valence-corrected chi connectivity index (χ4v) is 3.59. The van der Waals surface area contributed by atoms with Gasteiger partial charge in [-0.1, -0.05) is 0 Å². The Bertz CT molecular complexity index is 1260. The van der Waals surface area contributed by atoms with Gasteiger partial charge in [-0.15, -0.1) is 23.8 Å². The summed E-state index contributed by atoms with van der Waals surface area (Å²) in [4.78, 5) is 7.73. The Hall–Kier alpha value is -2.75. The van der Waals surface area contributed by atoms with Crippen LogP contribution in [0.1, 0.15) is 53.9 Å². The molecule has 0 aliphatic heterocycles. The largest absolute Gasteiger partial charge is 0.416 e. The van der Waals surface area contributed by atoms with Gasteiger partial charge in [-0.05, 0) is 69.0 Å². The Balaban J connectivity index is 0.00000108. The predicted molar refractivity (Wildman–Crippen MR) is 129 cm³/mol. The first-order valence-electron chi connectivity index (χ1n) is 12.0. The van der Waals surface area contributed by atoms with E-state index in [1.165, 1.54) is 13.8 Å². The molecule has 0 saturated carbocycles. The van der Waals surface area contributed by atoms with Crippen LogP contribution in [0.15, 0.2) is 30.3 Å². The molecule has 1 radical (unpaired) electrons. The first kappa shape index (κ1) is 39.3. The molecule has 2 aromatic carbocycles. The number of aliphatic hydroxyl groups is 2. The molecule has 44 heavy (non-hydrogen) atoms. The topological polar surface area (TPSA) is 66.2 Å². The number of aromatic nitrogens is 2. The molecule has 4 nitrogen and oxygen atoms in total. The van der Waals surface area contributed by atoms with E-state index in [9.17, 15) is 52.7 Å². The molecule has 0 saturated heterocycles. The molecule has 247 valence electrons. The Morgan fingerprint density at radius 1 is 0.614 bits per heavy atom. The average molecular weight is 828 g/mol. The fraction of sp³-hybridized carbons (Fsp3) is 0.407. The van der Waals surface area contributed by atoms with Crippen molar-refractivity contribution >= 4 is 0 Å². The summed E-state index contributed by atoms with van der Waals surface area (Å²) in [6.45, 7) is 5.82. The zero-order valence-corrected chi connectivity index (χ0v) is 25.3. The zero-order chi connectivity index (χ0) is 33.3. The quantitative estimate of drug-likeness (QED) is 0.205. The molecule has 0 fully saturated rings. The third-order valence-corrected chi connectivity index (χ3v) is 5.61. The number of aryl methyl sites for hydroxylation is 2. The minimum Gasteiger partial charge on any atom is -0.393 e. The van der Waals surface area contributed by atoms with Gasteiger partial charge in [0.05, 0.1) is 34.7 Å². The van der Waals surface area contributed by atoms with Gasteiger partial charge < -0.3 is 10.2 Å². The van der Waals surface area contributed by atoms with Gasteiger partial charge in [0.1, 0.15) is 0 Å². The van der Waals surface area contributed by atoms with Gasteiger partial charge in [-0.2, -0.15) is 52.7 Å². The average Bonchev–Trinajstić information content (AvgIpc) is 2.82. The van der Waals surface area contributed by atoms with E-state index in [4.69, 9.17) is 10.2 Å². The summed E-state index contributed by atoms with van der Waals surface area (Å²) in [6.07, 6.45) is -21.4. The van der Waals surface area contributed by atoms with Crippen molar-refractivity contribution in [1.29, 1.82) is 0 Å². The molecular weight excluding hydrogens is 805 g/mol. The van der Waals surface area contributed by atoms with E-state index in [2.05, 4.69) is 9.97 Å². The number of benzene rings is 2. The van der Waals surface area contributed by atoms with E-state index in [0.29, 0.717) is 6.42 Å². The molecule has 2 atom stereocenters. The van der Waals surface area contributed by atoms with Gasteiger partial charge in [0, 0.05) is 31.5 Å². The first-order valence-corrected chi connectivity index (χ1v) is 12.0. The van der Waals surface area contributed by atoms with Crippen molar-refractivity contribution in [2.24, 2.45) is 0 Å². The summed E-state index contributed by atoms with van der Waals surface area (Å²) in [6, 6.07) is 1.97. The van der Waals surface area contributed by atoms with E-state index in [1.54, 1.807) is 19.9 Å². The van der Waals surface area contributed by atoms with Crippen LogP contribution in [0.5, 0.6) is 0 Å². The molecule has 2 unspecified atom stereocenters. The van der Waals surface area contributed by atoms with E-state index in [0.717, 1.165) is 0 Å². The number of alkyl halides is 12.